The maximum atomic E-state index is 6.05. The summed E-state index contributed by atoms with van der Waals surface area (Å²) in [6.07, 6.45) is 0. The zero-order valence-corrected chi connectivity index (χ0v) is 12.1. The van der Waals surface area contributed by atoms with Crippen molar-refractivity contribution in [2.75, 3.05) is 19.6 Å². The van der Waals surface area contributed by atoms with Gasteiger partial charge in [-0.2, -0.15) is 0 Å². The second-order valence-corrected chi connectivity index (χ2v) is 5.75. The summed E-state index contributed by atoms with van der Waals surface area (Å²) in [5, 5.41) is 4.22. The van der Waals surface area contributed by atoms with Gasteiger partial charge in [-0.1, -0.05) is 11.6 Å². The van der Waals surface area contributed by atoms with Gasteiger partial charge < -0.3 is 9.88 Å². The summed E-state index contributed by atoms with van der Waals surface area (Å²) in [7, 11) is 2.06. The third kappa shape index (κ3) is 2.61. The van der Waals surface area contributed by atoms with E-state index >= 15 is 0 Å². The Morgan fingerprint density at radius 3 is 3.11 bits per heavy atom. The maximum absolute atomic E-state index is 6.05. The first-order chi connectivity index (χ1) is 9.13. The van der Waals surface area contributed by atoms with E-state index in [4.69, 9.17) is 16.6 Å². The van der Waals surface area contributed by atoms with E-state index in [0.29, 0.717) is 6.04 Å². The van der Waals surface area contributed by atoms with Crippen LogP contribution in [0.5, 0.6) is 0 Å². The number of rotatable bonds is 2. The first kappa shape index (κ1) is 12.9. The van der Waals surface area contributed by atoms with Crippen LogP contribution in [0.3, 0.4) is 0 Å². The van der Waals surface area contributed by atoms with Gasteiger partial charge in [-0.3, -0.25) is 4.90 Å². The van der Waals surface area contributed by atoms with Crippen LogP contribution in [0, 0.1) is 0 Å². The number of fused-ring (bicyclic) bond motifs is 1. The average Bonchev–Trinajstić information content (AvgIpc) is 2.67. The number of aromatic nitrogens is 2. The molecule has 0 saturated carbocycles. The van der Waals surface area contributed by atoms with E-state index < -0.39 is 0 Å². The summed E-state index contributed by atoms with van der Waals surface area (Å²) in [6.45, 7) is 6.32. The van der Waals surface area contributed by atoms with Crippen LogP contribution in [-0.2, 0) is 13.6 Å². The number of aryl methyl sites for hydroxylation is 1. The summed E-state index contributed by atoms with van der Waals surface area (Å²) >= 11 is 6.05. The Labute approximate surface area is 118 Å². The van der Waals surface area contributed by atoms with Gasteiger partial charge in [-0.25, -0.2) is 4.98 Å². The SMILES string of the molecule is C[C@H]1CN(Cc2nc3ccc(Cl)cc3n2C)CCN1. The molecule has 2 heterocycles. The second kappa shape index (κ2) is 5.12. The standard InChI is InChI=1S/C14H19ClN4/c1-10-8-19(6-5-16-10)9-14-17-12-4-3-11(15)7-13(12)18(14)2/h3-4,7,10,16H,5-6,8-9H2,1-2H3/t10-/m0/s1. The topological polar surface area (TPSA) is 33.1 Å². The van der Waals surface area contributed by atoms with E-state index in [2.05, 4.69) is 28.8 Å². The Hall–Kier alpha value is -1.10. The molecule has 102 valence electrons. The maximum Gasteiger partial charge on any atom is 0.123 e. The van der Waals surface area contributed by atoms with Crippen molar-refractivity contribution in [2.24, 2.45) is 7.05 Å². The molecule has 1 saturated heterocycles. The van der Waals surface area contributed by atoms with Crippen molar-refractivity contribution in [2.45, 2.75) is 19.5 Å². The quantitative estimate of drug-likeness (QED) is 0.912. The van der Waals surface area contributed by atoms with E-state index in [9.17, 15) is 0 Å². The van der Waals surface area contributed by atoms with E-state index in [0.717, 1.165) is 48.1 Å². The molecule has 1 N–H and O–H groups in total. The highest BCUT2D eigenvalue weighted by Gasteiger charge is 2.18. The number of halogens is 1. The van der Waals surface area contributed by atoms with Gasteiger partial charge in [-0.15, -0.1) is 0 Å². The molecule has 1 atom stereocenters. The van der Waals surface area contributed by atoms with Crippen LogP contribution in [0.1, 0.15) is 12.7 Å². The van der Waals surface area contributed by atoms with Crippen molar-refractivity contribution in [3.8, 4) is 0 Å². The lowest BCUT2D eigenvalue weighted by Gasteiger charge is -2.31. The molecule has 5 heteroatoms. The Kier molecular flexibility index (Phi) is 3.48. The molecule has 19 heavy (non-hydrogen) atoms. The molecule has 1 aromatic heterocycles. The van der Waals surface area contributed by atoms with Crippen LogP contribution in [0.2, 0.25) is 5.02 Å². The Morgan fingerprint density at radius 1 is 1.47 bits per heavy atom. The fourth-order valence-corrected chi connectivity index (χ4v) is 2.88. The number of hydrogen-bond donors (Lipinski definition) is 1. The van der Waals surface area contributed by atoms with Gasteiger partial charge in [0.1, 0.15) is 5.82 Å². The number of benzene rings is 1. The third-order valence-corrected chi connectivity index (χ3v) is 3.99. The zero-order chi connectivity index (χ0) is 13.4. The Morgan fingerprint density at radius 2 is 2.32 bits per heavy atom. The van der Waals surface area contributed by atoms with Crippen LogP contribution < -0.4 is 5.32 Å². The second-order valence-electron chi connectivity index (χ2n) is 5.31. The summed E-state index contributed by atoms with van der Waals surface area (Å²) in [5.41, 5.74) is 2.12. The van der Waals surface area contributed by atoms with Gasteiger partial charge >= 0.3 is 0 Å². The number of imidazole rings is 1. The Bertz CT molecular complexity index is 592. The van der Waals surface area contributed by atoms with Gasteiger partial charge in [0.2, 0.25) is 0 Å². The third-order valence-electron chi connectivity index (χ3n) is 3.75. The van der Waals surface area contributed by atoms with E-state index in [-0.39, 0.29) is 0 Å². The molecular formula is C14H19ClN4. The molecule has 0 unspecified atom stereocenters. The smallest absolute Gasteiger partial charge is 0.123 e. The normalized spacial score (nSPS) is 21.1. The lowest BCUT2D eigenvalue weighted by atomic mass is 10.2. The molecule has 2 aromatic rings. The zero-order valence-electron chi connectivity index (χ0n) is 11.4. The van der Waals surface area contributed by atoms with Gasteiger partial charge in [0.15, 0.2) is 0 Å². The van der Waals surface area contributed by atoms with Crippen molar-refractivity contribution in [1.82, 2.24) is 19.8 Å². The largest absolute Gasteiger partial charge is 0.330 e. The molecule has 1 aromatic carbocycles. The molecular weight excluding hydrogens is 260 g/mol. The summed E-state index contributed by atoms with van der Waals surface area (Å²) in [4.78, 5) is 7.16. The monoisotopic (exact) mass is 278 g/mol. The van der Waals surface area contributed by atoms with Crippen molar-refractivity contribution < 1.29 is 0 Å². The average molecular weight is 279 g/mol. The van der Waals surface area contributed by atoms with E-state index in [1.54, 1.807) is 0 Å². The van der Waals surface area contributed by atoms with Crippen LogP contribution in [0.15, 0.2) is 18.2 Å². The van der Waals surface area contributed by atoms with Crippen molar-refractivity contribution >= 4 is 22.6 Å². The lowest BCUT2D eigenvalue weighted by Crippen LogP contribution is -2.48. The molecule has 1 aliphatic rings. The van der Waals surface area contributed by atoms with Crippen molar-refractivity contribution in [1.29, 1.82) is 0 Å². The highest BCUT2D eigenvalue weighted by molar-refractivity contribution is 6.31. The minimum absolute atomic E-state index is 0.554. The highest BCUT2D eigenvalue weighted by atomic mass is 35.5. The van der Waals surface area contributed by atoms with E-state index in [1.807, 2.05) is 18.2 Å². The number of piperazine rings is 1. The fraction of sp³-hybridized carbons (Fsp3) is 0.500. The molecule has 0 radical (unpaired) electrons. The van der Waals surface area contributed by atoms with Gasteiger partial charge in [-0.05, 0) is 25.1 Å². The van der Waals surface area contributed by atoms with E-state index in [1.165, 1.54) is 0 Å². The Balaban J connectivity index is 1.86. The van der Waals surface area contributed by atoms with Gasteiger partial charge in [0.05, 0.1) is 17.6 Å². The number of nitrogens with zero attached hydrogens (tertiary/aromatic N) is 3. The first-order valence-electron chi connectivity index (χ1n) is 6.70. The summed E-state index contributed by atoms with van der Waals surface area (Å²) < 4.78 is 2.15. The van der Waals surface area contributed by atoms with Gasteiger partial charge in [0.25, 0.3) is 0 Å². The molecule has 4 nitrogen and oxygen atoms in total. The highest BCUT2D eigenvalue weighted by Crippen LogP contribution is 2.20. The fourth-order valence-electron chi connectivity index (χ4n) is 2.71. The summed E-state index contributed by atoms with van der Waals surface area (Å²) in [6, 6.07) is 6.42. The van der Waals surface area contributed by atoms with Gasteiger partial charge in [0, 0.05) is 37.7 Å². The predicted molar refractivity (Wildman–Crippen MR) is 78.5 cm³/mol. The number of hydrogen-bond acceptors (Lipinski definition) is 3. The van der Waals surface area contributed by atoms with Crippen molar-refractivity contribution in [3.63, 3.8) is 0 Å². The molecule has 3 rings (SSSR count). The lowest BCUT2D eigenvalue weighted by molar-refractivity contribution is 0.194. The molecule has 1 aliphatic heterocycles. The van der Waals surface area contributed by atoms with Crippen LogP contribution >= 0.6 is 11.6 Å². The van der Waals surface area contributed by atoms with Crippen LogP contribution in [0.25, 0.3) is 11.0 Å². The first-order valence-corrected chi connectivity index (χ1v) is 7.08. The molecule has 0 spiro atoms. The molecule has 1 fully saturated rings. The van der Waals surface area contributed by atoms with Crippen LogP contribution in [0.4, 0.5) is 0 Å². The molecule has 0 bridgehead atoms. The van der Waals surface area contributed by atoms with Crippen LogP contribution in [-0.4, -0.2) is 40.1 Å². The predicted octanol–water partition coefficient (Wildman–Crippen LogP) is 2.02. The summed E-state index contributed by atoms with van der Waals surface area (Å²) in [5.74, 6) is 1.10. The minimum Gasteiger partial charge on any atom is -0.330 e. The minimum atomic E-state index is 0.554. The van der Waals surface area contributed by atoms with Crippen molar-refractivity contribution in [3.05, 3.63) is 29.0 Å². The number of nitrogens with one attached hydrogen (secondary N) is 1. The molecule has 0 aliphatic carbocycles. The molecule has 0 amide bonds.